The number of fused-ring (bicyclic) bond motifs is 1. The molecule has 0 unspecified atom stereocenters. The largest absolute Gasteiger partial charge is 0.491 e. The standard InChI is InChI=1S/C29H33N5O6S/c1-2-3-4-5-9-12-26-32-33-27(30)24(28(35)31-29(33)41-26)20-21-19-22(34(36)37)13-14-25(21)40-18-16-38-15-17-39-23-10-7-6-8-11-23/h6-8,10-11,13-14,19-20,30H,2-5,9,12,15-18H2,1H3/b24-20+,30-27?. The van der Waals surface area contributed by atoms with Crippen LogP contribution in [-0.2, 0) is 9.53 Å². The molecule has 11 nitrogen and oxygen atoms in total. The summed E-state index contributed by atoms with van der Waals surface area (Å²) in [7, 11) is 0. The van der Waals surface area contributed by atoms with E-state index in [1.165, 1.54) is 60.3 Å². The molecular weight excluding hydrogens is 546 g/mol. The number of hydrogen-bond donors (Lipinski definition) is 1. The van der Waals surface area contributed by atoms with E-state index >= 15 is 0 Å². The molecule has 0 fully saturated rings. The van der Waals surface area contributed by atoms with Gasteiger partial charge in [-0.3, -0.25) is 20.3 Å². The Morgan fingerprint density at radius 2 is 1.78 bits per heavy atom. The van der Waals surface area contributed by atoms with Crippen molar-refractivity contribution >= 4 is 45.5 Å². The van der Waals surface area contributed by atoms with Crippen LogP contribution in [0, 0.1) is 15.5 Å². The first-order chi connectivity index (χ1) is 20.0. The van der Waals surface area contributed by atoms with Crippen molar-refractivity contribution in [1.82, 2.24) is 5.01 Å². The molecule has 0 saturated heterocycles. The smallest absolute Gasteiger partial charge is 0.283 e. The van der Waals surface area contributed by atoms with Crippen LogP contribution in [-0.4, -0.2) is 58.3 Å². The molecule has 2 aliphatic rings. The Balaban J connectivity index is 1.38. The molecule has 2 heterocycles. The van der Waals surface area contributed by atoms with Crippen molar-refractivity contribution in [1.29, 1.82) is 5.41 Å². The molecule has 2 aromatic rings. The highest BCUT2D eigenvalue weighted by Gasteiger charge is 2.35. The van der Waals surface area contributed by atoms with Crippen molar-refractivity contribution in [3.8, 4) is 11.5 Å². The first-order valence-electron chi connectivity index (χ1n) is 13.6. The zero-order valence-electron chi connectivity index (χ0n) is 22.9. The van der Waals surface area contributed by atoms with Gasteiger partial charge in [0.15, 0.2) is 5.84 Å². The summed E-state index contributed by atoms with van der Waals surface area (Å²) in [5.41, 5.74) is 0.0879. The summed E-state index contributed by atoms with van der Waals surface area (Å²) in [6.07, 6.45) is 7.77. The van der Waals surface area contributed by atoms with Crippen molar-refractivity contribution in [2.24, 2.45) is 10.1 Å². The predicted octanol–water partition coefficient (Wildman–Crippen LogP) is 6.05. The number of aliphatic imine (C=N–C) groups is 1. The minimum absolute atomic E-state index is 0.0260. The van der Waals surface area contributed by atoms with Crippen LogP contribution in [0.5, 0.6) is 11.5 Å². The summed E-state index contributed by atoms with van der Waals surface area (Å²) in [5.74, 6) is 0.335. The second-order valence-electron chi connectivity index (χ2n) is 9.28. The van der Waals surface area contributed by atoms with E-state index in [-0.39, 0.29) is 35.9 Å². The van der Waals surface area contributed by atoms with Crippen LogP contribution in [0.15, 0.2) is 64.2 Å². The Bertz CT molecular complexity index is 1340. The fourth-order valence-electron chi connectivity index (χ4n) is 4.11. The third-order valence-electron chi connectivity index (χ3n) is 6.22. The van der Waals surface area contributed by atoms with Crippen LogP contribution < -0.4 is 9.47 Å². The number of amidine groups is 2. The van der Waals surface area contributed by atoms with Crippen molar-refractivity contribution in [3.63, 3.8) is 0 Å². The van der Waals surface area contributed by atoms with E-state index in [9.17, 15) is 14.9 Å². The van der Waals surface area contributed by atoms with Gasteiger partial charge in [0, 0.05) is 17.7 Å². The number of unbranched alkanes of at least 4 members (excludes halogenated alkanes) is 4. The lowest BCUT2D eigenvalue weighted by atomic mass is 10.1. The number of nitro groups is 1. The molecule has 1 N–H and O–H groups in total. The van der Waals surface area contributed by atoms with E-state index in [2.05, 4.69) is 17.0 Å². The lowest BCUT2D eigenvalue weighted by molar-refractivity contribution is -0.384. The molecule has 0 bridgehead atoms. The molecule has 2 aliphatic heterocycles. The molecule has 1 amide bonds. The zero-order chi connectivity index (χ0) is 29.0. The number of benzene rings is 2. The van der Waals surface area contributed by atoms with Crippen LogP contribution in [0.2, 0.25) is 0 Å². The van der Waals surface area contributed by atoms with Gasteiger partial charge in [0.2, 0.25) is 5.17 Å². The second-order valence-corrected chi connectivity index (χ2v) is 10.3. The number of para-hydroxylation sites is 1. The Morgan fingerprint density at radius 3 is 2.54 bits per heavy atom. The van der Waals surface area contributed by atoms with Gasteiger partial charge in [-0.2, -0.15) is 15.1 Å². The van der Waals surface area contributed by atoms with Crippen molar-refractivity contribution in [2.75, 3.05) is 26.4 Å². The number of nitrogens with one attached hydrogen (secondary N) is 1. The molecule has 4 rings (SSSR count). The normalized spacial score (nSPS) is 15.5. The van der Waals surface area contributed by atoms with Crippen molar-refractivity contribution in [2.45, 2.75) is 45.4 Å². The fourth-order valence-corrected chi connectivity index (χ4v) is 5.04. The SMILES string of the molecule is CCCCCCCC1=NN2C(=N)/C(=C\c3cc([N+](=O)[O-])ccc3OCCOCCOc3ccccc3)C(=O)N=C2S1. The highest BCUT2D eigenvalue weighted by molar-refractivity contribution is 8.26. The van der Waals surface area contributed by atoms with Gasteiger partial charge in [0.05, 0.1) is 23.7 Å². The Kier molecular flexibility index (Phi) is 11.0. The molecule has 0 radical (unpaired) electrons. The van der Waals surface area contributed by atoms with E-state index in [0.717, 1.165) is 30.1 Å². The van der Waals surface area contributed by atoms with Gasteiger partial charge in [-0.05, 0) is 48.9 Å². The third kappa shape index (κ3) is 8.48. The maximum atomic E-state index is 12.9. The number of ether oxygens (including phenoxy) is 3. The number of thioether (sulfide) groups is 1. The fraction of sp³-hybridized carbons (Fsp3) is 0.379. The highest BCUT2D eigenvalue weighted by Crippen LogP contribution is 2.32. The van der Waals surface area contributed by atoms with Gasteiger partial charge < -0.3 is 14.2 Å². The van der Waals surface area contributed by atoms with Gasteiger partial charge in [0.1, 0.15) is 29.8 Å². The lowest BCUT2D eigenvalue weighted by Crippen LogP contribution is -2.35. The third-order valence-corrected chi connectivity index (χ3v) is 7.19. The van der Waals surface area contributed by atoms with E-state index in [1.807, 2.05) is 30.3 Å². The summed E-state index contributed by atoms with van der Waals surface area (Å²) in [5, 5.41) is 27.1. The topological polar surface area (TPSA) is 140 Å². The predicted molar refractivity (Wildman–Crippen MR) is 160 cm³/mol. The summed E-state index contributed by atoms with van der Waals surface area (Å²) >= 11 is 1.30. The monoisotopic (exact) mass is 579 g/mol. The highest BCUT2D eigenvalue weighted by atomic mass is 32.2. The van der Waals surface area contributed by atoms with E-state index in [0.29, 0.717) is 24.1 Å². The van der Waals surface area contributed by atoms with E-state index in [1.54, 1.807) is 0 Å². The maximum absolute atomic E-state index is 12.9. The van der Waals surface area contributed by atoms with E-state index < -0.39 is 10.8 Å². The minimum Gasteiger partial charge on any atom is -0.491 e. The molecule has 216 valence electrons. The van der Waals surface area contributed by atoms with Crippen molar-refractivity contribution < 1.29 is 23.9 Å². The summed E-state index contributed by atoms with van der Waals surface area (Å²) < 4.78 is 17.0. The summed E-state index contributed by atoms with van der Waals surface area (Å²) in [4.78, 5) is 27.9. The van der Waals surface area contributed by atoms with Crippen LogP contribution >= 0.6 is 11.8 Å². The van der Waals surface area contributed by atoms with E-state index in [4.69, 9.17) is 19.6 Å². The molecule has 2 aromatic carbocycles. The zero-order valence-corrected chi connectivity index (χ0v) is 23.7. The van der Waals surface area contributed by atoms with Crippen LogP contribution in [0.4, 0.5) is 5.69 Å². The number of rotatable bonds is 16. The number of nitro benzene ring substituents is 1. The Labute approximate surface area is 242 Å². The Hall–Kier alpha value is -4.03. The minimum atomic E-state index is -0.604. The molecule has 12 heteroatoms. The number of amides is 1. The maximum Gasteiger partial charge on any atom is 0.283 e. The molecule has 0 atom stereocenters. The van der Waals surface area contributed by atoms with Gasteiger partial charge in [-0.1, -0.05) is 50.8 Å². The quantitative estimate of drug-likeness (QED) is 0.110. The average Bonchev–Trinajstić information content (AvgIpc) is 3.38. The molecule has 0 saturated carbocycles. The van der Waals surface area contributed by atoms with Crippen molar-refractivity contribution in [3.05, 3.63) is 69.8 Å². The summed E-state index contributed by atoms with van der Waals surface area (Å²) in [6, 6.07) is 13.5. The molecular formula is C29H33N5O6S. The van der Waals surface area contributed by atoms with Gasteiger partial charge in [-0.15, -0.1) is 0 Å². The number of hydrazone groups is 1. The summed E-state index contributed by atoms with van der Waals surface area (Å²) in [6.45, 7) is 3.33. The first-order valence-corrected chi connectivity index (χ1v) is 14.4. The van der Waals surface area contributed by atoms with Crippen LogP contribution in [0.3, 0.4) is 0 Å². The van der Waals surface area contributed by atoms with Crippen LogP contribution in [0.1, 0.15) is 51.0 Å². The number of carbonyl (C=O) groups is 1. The molecule has 41 heavy (non-hydrogen) atoms. The molecule has 0 spiro atoms. The number of nitrogens with zero attached hydrogens (tertiary/aromatic N) is 4. The van der Waals surface area contributed by atoms with Gasteiger partial charge in [-0.25, -0.2) is 0 Å². The molecule has 0 aliphatic carbocycles. The van der Waals surface area contributed by atoms with Gasteiger partial charge in [0.25, 0.3) is 11.6 Å². The number of non-ortho nitro benzene ring substituents is 1. The van der Waals surface area contributed by atoms with Crippen LogP contribution in [0.25, 0.3) is 6.08 Å². The second kappa shape index (κ2) is 15.1. The lowest BCUT2D eigenvalue weighted by Gasteiger charge is -2.20. The first kappa shape index (κ1) is 29.9. The van der Waals surface area contributed by atoms with Gasteiger partial charge >= 0.3 is 0 Å². The Morgan fingerprint density at radius 1 is 1.02 bits per heavy atom. The molecule has 0 aromatic heterocycles. The number of carbonyl (C=O) groups excluding carboxylic acids is 1. The number of hydrogen-bond acceptors (Lipinski definition) is 9. The average molecular weight is 580 g/mol.